The summed E-state index contributed by atoms with van der Waals surface area (Å²) in [5.41, 5.74) is 0.0518. The fraction of sp³-hybridized carbons (Fsp3) is 0.500. The second-order valence-electron chi connectivity index (χ2n) is 5.16. The Bertz CT molecular complexity index is 589. The van der Waals surface area contributed by atoms with E-state index in [9.17, 15) is 23.7 Å². The molecule has 0 radical (unpaired) electrons. The Morgan fingerprint density at radius 3 is 2.61 bits per heavy atom. The van der Waals surface area contributed by atoms with Crippen LogP contribution in [0, 0.1) is 16.0 Å². The minimum Gasteiger partial charge on any atom is -0.432 e. The van der Waals surface area contributed by atoms with E-state index in [1.807, 2.05) is 0 Å². The van der Waals surface area contributed by atoms with Gasteiger partial charge in [-0.25, -0.2) is 0 Å². The number of anilines is 1. The summed E-state index contributed by atoms with van der Waals surface area (Å²) in [5.74, 6) is -0.390. The predicted molar refractivity (Wildman–Crippen MR) is 78.7 cm³/mol. The Balaban J connectivity index is 2.19. The van der Waals surface area contributed by atoms with Crippen LogP contribution in [-0.2, 0) is 4.79 Å². The van der Waals surface area contributed by atoms with Gasteiger partial charge in [-0.3, -0.25) is 14.9 Å². The highest BCUT2D eigenvalue weighted by atomic mass is 19.3. The van der Waals surface area contributed by atoms with E-state index in [1.165, 1.54) is 12.1 Å². The third-order valence-corrected chi connectivity index (χ3v) is 3.82. The number of benzene rings is 1. The van der Waals surface area contributed by atoms with Crippen LogP contribution in [0.4, 0.5) is 20.2 Å². The predicted octanol–water partition coefficient (Wildman–Crippen LogP) is 2.16. The number of carbonyl (C=O) groups is 1. The summed E-state index contributed by atoms with van der Waals surface area (Å²) < 4.78 is 29.5. The molecule has 1 aromatic rings. The van der Waals surface area contributed by atoms with E-state index in [-0.39, 0.29) is 23.3 Å². The van der Waals surface area contributed by atoms with Crippen LogP contribution in [0.2, 0.25) is 0 Å². The van der Waals surface area contributed by atoms with Crippen LogP contribution in [0.25, 0.3) is 0 Å². The number of rotatable bonds is 5. The van der Waals surface area contributed by atoms with Crippen molar-refractivity contribution in [2.75, 3.05) is 25.0 Å². The number of hydrogen-bond donors (Lipinski definition) is 1. The van der Waals surface area contributed by atoms with E-state index in [4.69, 9.17) is 0 Å². The summed E-state index contributed by atoms with van der Waals surface area (Å²) in [5, 5.41) is 13.4. The molecule has 126 valence electrons. The lowest BCUT2D eigenvalue weighted by Gasteiger charge is -2.33. The molecule has 1 aliphatic rings. The molecule has 1 amide bonds. The minimum atomic E-state index is -3.07. The zero-order valence-corrected chi connectivity index (χ0v) is 12.5. The topological polar surface area (TPSA) is 84.7 Å². The third kappa shape index (κ3) is 4.05. The fourth-order valence-electron chi connectivity index (χ4n) is 2.65. The molecular formula is C14H17F2N3O4. The van der Waals surface area contributed by atoms with Gasteiger partial charge in [0.25, 0.3) is 5.69 Å². The molecule has 0 aromatic heterocycles. The first-order valence-electron chi connectivity index (χ1n) is 7.12. The van der Waals surface area contributed by atoms with Gasteiger partial charge in [-0.1, -0.05) is 0 Å². The van der Waals surface area contributed by atoms with Crippen LogP contribution >= 0.6 is 0 Å². The molecule has 1 saturated heterocycles. The Kier molecular flexibility index (Phi) is 5.30. The van der Waals surface area contributed by atoms with Gasteiger partial charge in [-0.05, 0) is 18.9 Å². The number of amides is 1. The normalized spacial score (nSPS) is 15.6. The van der Waals surface area contributed by atoms with Crippen molar-refractivity contribution in [2.24, 2.45) is 5.92 Å². The van der Waals surface area contributed by atoms with Crippen molar-refractivity contribution in [3.05, 3.63) is 28.3 Å². The zero-order valence-electron chi connectivity index (χ0n) is 12.5. The van der Waals surface area contributed by atoms with E-state index in [0.717, 1.165) is 6.07 Å². The minimum absolute atomic E-state index is 0.0441. The van der Waals surface area contributed by atoms with Crippen LogP contribution in [-0.4, -0.2) is 37.6 Å². The van der Waals surface area contributed by atoms with Crippen molar-refractivity contribution in [2.45, 2.75) is 19.5 Å². The van der Waals surface area contributed by atoms with Crippen LogP contribution < -0.4 is 15.0 Å². The number of ether oxygens (including phenoxy) is 1. The summed E-state index contributed by atoms with van der Waals surface area (Å²) in [6, 6.07) is 3.64. The van der Waals surface area contributed by atoms with Crippen LogP contribution in [0.5, 0.6) is 5.75 Å². The first kappa shape index (κ1) is 16.9. The average molecular weight is 329 g/mol. The van der Waals surface area contributed by atoms with Crippen molar-refractivity contribution < 1.29 is 23.2 Å². The molecule has 1 fully saturated rings. The number of nitro benzene ring substituents is 1. The molecule has 2 rings (SSSR count). The highest BCUT2D eigenvalue weighted by molar-refractivity contribution is 5.78. The molecule has 23 heavy (non-hydrogen) atoms. The van der Waals surface area contributed by atoms with E-state index >= 15 is 0 Å². The Morgan fingerprint density at radius 1 is 1.43 bits per heavy atom. The molecule has 1 heterocycles. The van der Waals surface area contributed by atoms with Gasteiger partial charge in [0, 0.05) is 32.1 Å². The van der Waals surface area contributed by atoms with E-state index in [1.54, 1.807) is 11.9 Å². The molecule has 0 spiro atoms. The summed E-state index contributed by atoms with van der Waals surface area (Å²) in [7, 11) is 1.57. The van der Waals surface area contributed by atoms with Crippen molar-refractivity contribution in [1.29, 1.82) is 0 Å². The van der Waals surface area contributed by atoms with Gasteiger partial charge in [0.2, 0.25) is 5.91 Å². The lowest BCUT2D eigenvalue weighted by atomic mass is 9.95. The lowest BCUT2D eigenvalue weighted by molar-refractivity contribution is -0.385. The zero-order chi connectivity index (χ0) is 17.0. The Hall–Kier alpha value is -2.45. The third-order valence-electron chi connectivity index (χ3n) is 3.82. The molecule has 7 nitrogen and oxygen atoms in total. The SMILES string of the molecule is CNC(=O)C1CCN(c2ccc([N+](=O)[O-])cc2OC(F)F)CC1. The molecule has 0 saturated carbocycles. The first-order valence-corrected chi connectivity index (χ1v) is 7.12. The highest BCUT2D eigenvalue weighted by Gasteiger charge is 2.27. The first-order chi connectivity index (χ1) is 10.9. The summed E-state index contributed by atoms with van der Waals surface area (Å²) in [6.07, 6.45) is 1.15. The largest absolute Gasteiger partial charge is 0.432 e. The number of nitrogens with zero attached hydrogens (tertiary/aromatic N) is 2. The van der Waals surface area contributed by atoms with E-state index < -0.39 is 11.5 Å². The van der Waals surface area contributed by atoms with Gasteiger partial charge in [0.05, 0.1) is 16.7 Å². The van der Waals surface area contributed by atoms with Gasteiger partial charge < -0.3 is 15.0 Å². The summed E-state index contributed by atoms with van der Waals surface area (Å²) in [4.78, 5) is 23.5. The second-order valence-corrected chi connectivity index (χ2v) is 5.16. The number of non-ortho nitro benzene ring substituents is 1. The standard InChI is InChI=1S/C14H17F2N3O4/c1-17-13(20)9-4-6-18(7-5-9)11-3-2-10(19(21)22)8-12(11)23-14(15)16/h2-3,8-9,14H,4-7H2,1H3,(H,17,20). The van der Waals surface area contributed by atoms with Crippen molar-refractivity contribution >= 4 is 17.3 Å². The molecule has 0 aliphatic carbocycles. The molecular weight excluding hydrogens is 312 g/mol. The second kappa shape index (κ2) is 7.21. The number of nitro groups is 1. The van der Waals surface area contributed by atoms with Crippen LogP contribution in [0.3, 0.4) is 0 Å². The summed E-state index contributed by atoms with van der Waals surface area (Å²) in [6.45, 7) is -2.11. The van der Waals surface area contributed by atoms with Crippen LogP contribution in [0.1, 0.15) is 12.8 Å². The highest BCUT2D eigenvalue weighted by Crippen LogP contribution is 2.35. The molecule has 0 unspecified atom stereocenters. The lowest BCUT2D eigenvalue weighted by Crippen LogP contribution is -2.39. The quantitative estimate of drug-likeness (QED) is 0.661. The summed E-state index contributed by atoms with van der Waals surface area (Å²) >= 11 is 0. The van der Waals surface area contributed by atoms with Crippen molar-refractivity contribution in [3.63, 3.8) is 0 Å². The number of carbonyl (C=O) groups excluding carboxylic acids is 1. The van der Waals surface area contributed by atoms with Gasteiger partial charge >= 0.3 is 6.61 Å². The monoisotopic (exact) mass is 329 g/mol. The maximum Gasteiger partial charge on any atom is 0.387 e. The Labute approximate surface area is 131 Å². The number of halogens is 2. The van der Waals surface area contributed by atoms with Gasteiger partial charge in [-0.15, -0.1) is 0 Å². The van der Waals surface area contributed by atoms with Gasteiger partial charge in [0.15, 0.2) is 5.75 Å². The van der Waals surface area contributed by atoms with Crippen LogP contribution in [0.15, 0.2) is 18.2 Å². The number of hydrogen-bond acceptors (Lipinski definition) is 5. The van der Waals surface area contributed by atoms with E-state index in [0.29, 0.717) is 31.6 Å². The number of nitrogens with one attached hydrogen (secondary N) is 1. The fourth-order valence-corrected chi connectivity index (χ4v) is 2.65. The van der Waals surface area contributed by atoms with Crippen molar-refractivity contribution in [1.82, 2.24) is 5.32 Å². The molecule has 9 heteroatoms. The smallest absolute Gasteiger partial charge is 0.387 e. The van der Waals surface area contributed by atoms with Crippen molar-refractivity contribution in [3.8, 4) is 5.75 Å². The maximum absolute atomic E-state index is 12.6. The average Bonchev–Trinajstić information content (AvgIpc) is 2.53. The molecule has 0 bridgehead atoms. The molecule has 0 atom stereocenters. The maximum atomic E-state index is 12.6. The molecule has 1 aliphatic heterocycles. The van der Waals surface area contributed by atoms with E-state index in [2.05, 4.69) is 10.1 Å². The molecule has 1 aromatic carbocycles. The molecule has 1 N–H and O–H groups in total. The van der Waals surface area contributed by atoms with Gasteiger partial charge in [-0.2, -0.15) is 8.78 Å². The van der Waals surface area contributed by atoms with Gasteiger partial charge in [0.1, 0.15) is 0 Å². The number of alkyl halides is 2. The Morgan fingerprint density at radius 2 is 2.09 bits per heavy atom. The number of piperidine rings is 1.